The summed E-state index contributed by atoms with van der Waals surface area (Å²) in [5.74, 6) is -2.38. The molecule has 0 amide bonds. The Morgan fingerprint density at radius 3 is 2.75 bits per heavy atom. The zero-order valence-electron chi connectivity index (χ0n) is 12.2. The van der Waals surface area contributed by atoms with Crippen LogP contribution in [0, 0.1) is 0 Å². The Kier molecular flexibility index (Phi) is 4.91. The highest BCUT2D eigenvalue weighted by molar-refractivity contribution is 7.99. The topological polar surface area (TPSA) is 15.3 Å². The lowest BCUT2D eigenvalue weighted by atomic mass is 9.97. The van der Waals surface area contributed by atoms with Crippen molar-refractivity contribution in [1.82, 2.24) is 5.32 Å². The molecule has 0 spiro atoms. The van der Waals surface area contributed by atoms with Gasteiger partial charge in [0.25, 0.3) is 5.76 Å². The van der Waals surface area contributed by atoms with Crippen LogP contribution in [0.4, 0.5) is 14.5 Å². The quantitative estimate of drug-likeness (QED) is 0.847. The molecule has 1 aromatic carbocycles. The molecule has 0 aromatic heterocycles. The minimum Gasteiger partial charge on any atom is -0.365 e. The number of rotatable bonds is 4. The molecular weight excluding hydrogens is 278 g/mol. The van der Waals surface area contributed by atoms with Crippen molar-refractivity contribution in [2.45, 2.75) is 49.4 Å². The van der Waals surface area contributed by atoms with Gasteiger partial charge in [-0.1, -0.05) is 30.8 Å². The Balaban J connectivity index is 2.31. The number of thioether (sulfide) groups is 1. The van der Waals surface area contributed by atoms with Crippen LogP contribution < -0.4 is 10.2 Å². The summed E-state index contributed by atoms with van der Waals surface area (Å²) in [4.78, 5) is 2.94. The number of hydrogen-bond acceptors (Lipinski definition) is 3. The molecule has 20 heavy (non-hydrogen) atoms. The maximum absolute atomic E-state index is 12.7. The molecule has 1 aromatic rings. The molecule has 0 radical (unpaired) electrons. The molecule has 1 N–H and O–H groups in total. The molecule has 2 nitrogen and oxygen atoms in total. The highest BCUT2D eigenvalue weighted by Gasteiger charge is 2.32. The summed E-state index contributed by atoms with van der Waals surface area (Å²) in [6.07, 6.45) is 0.997. The van der Waals surface area contributed by atoms with Crippen LogP contribution in [-0.2, 0) is 0 Å². The summed E-state index contributed by atoms with van der Waals surface area (Å²) in [6.45, 7) is 8.15. The van der Waals surface area contributed by atoms with Gasteiger partial charge in [-0.3, -0.25) is 0 Å². The van der Waals surface area contributed by atoms with Gasteiger partial charge in [-0.25, -0.2) is 0 Å². The monoisotopic (exact) mass is 300 g/mol. The number of benzene rings is 1. The van der Waals surface area contributed by atoms with Crippen molar-refractivity contribution in [2.24, 2.45) is 0 Å². The lowest BCUT2D eigenvalue weighted by Gasteiger charge is -2.46. The molecule has 5 heteroatoms. The summed E-state index contributed by atoms with van der Waals surface area (Å²) in [6, 6.07) is 7.83. The summed E-state index contributed by atoms with van der Waals surface area (Å²) in [5.41, 5.74) is 0.924. The fraction of sp³-hybridized carbons (Fsp3) is 0.600. The average Bonchev–Trinajstić information content (AvgIpc) is 2.38. The molecule has 2 rings (SSSR count). The van der Waals surface area contributed by atoms with Crippen LogP contribution in [-0.4, -0.2) is 30.4 Å². The minimum atomic E-state index is -2.38. The summed E-state index contributed by atoms with van der Waals surface area (Å²) < 4.78 is 25.5. The van der Waals surface area contributed by atoms with E-state index in [0.717, 1.165) is 25.2 Å². The molecule has 1 heterocycles. The zero-order valence-corrected chi connectivity index (χ0v) is 13.0. The second kappa shape index (κ2) is 6.31. The number of nitrogens with zero attached hydrogens (tertiary/aromatic N) is 1. The lowest BCUT2D eigenvalue weighted by Crippen LogP contribution is -2.61. The van der Waals surface area contributed by atoms with Gasteiger partial charge in [0, 0.05) is 29.6 Å². The fourth-order valence-electron chi connectivity index (χ4n) is 2.65. The lowest BCUT2D eigenvalue weighted by molar-refractivity contribution is 0.252. The van der Waals surface area contributed by atoms with Crippen LogP contribution in [0.25, 0.3) is 0 Å². The van der Waals surface area contributed by atoms with E-state index in [4.69, 9.17) is 0 Å². The van der Waals surface area contributed by atoms with Crippen molar-refractivity contribution in [1.29, 1.82) is 0 Å². The minimum absolute atomic E-state index is 0.00568. The molecule has 0 saturated carbocycles. The first-order chi connectivity index (χ1) is 9.43. The van der Waals surface area contributed by atoms with Gasteiger partial charge in [-0.15, -0.1) is 0 Å². The third kappa shape index (κ3) is 3.64. The summed E-state index contributed by atoms with van der Waals surface area (Å²) >= 11 is 0.636. The molecule has 1 aliphatic rings. The van der Waals surface area contributed by atoms with Crippen LogP contribution in [0.1, 0.15) is 27.2 Å². The van der Waals surface area contributed by atoms with Gasteiger partial charge in [0.1, 0.15) is 0 Å². The number of hydrogen-bond donors (Lipinski definition) is 1. The molecule has 1 aliphatic heterocycles. The Morgan fingerprint density at radius 1 is 1.40 bits per heavy atom. The Labute approximate surface area is 123 Å². The number of halogens is 2. The van der Waals surface area contributed by atoms with E-state index in [-0.39, 0.29) is 5.54 Å². The van der Waals surface area contributed by atoms with Crippen molar-refractivity contribution < 1.29 is 8.78 Å². The highest BCUT2D eigenvalue weighted by Crippen LogP contribution is 2.36. The van der Waals surface area contributed by atoms with Gasteiger partial charge < -0.3 is 10.2 Å². The van der Waals surface area contributed by atoms with Crippen molar-refractivity contribution >= 4 is 17.4 Å². The van der Waals surface area contributed by atoms with Crippen molar-refractivity contribution in [3.05, 3.63) is 24.3 Å². The van der Waals surface area contributed by atoms with E-state index >= 15 is 0 Å². The SMILES string of the molecule is CCC1CNC(C)(C)CN1c1ccccc1SC(F)F. The third-order valence-electron chi connectivity index (χ3n) is 3.68. The van der Waals surface area contributed by atoms with Gasteiger partial charge in [-0.05, 0) is 32.4 Å². The molecular formula is C15H22F2N2S. The zero-order chi connectivity index (χ0) is 14.8. The maximum Gasteiger partial charge on any atom is 0.288 e. The smallest absolute Gasteiger partial charge is 0.288 e. The van der Waals surface area contributed by atoms with Crippen LogP contribution in [0.5, 0.6) is 0 Å². The number of piperazine rings is 1. The van der Waals surface area contributed by atoms with Gasteiger partial charge in [-0.2, -0.15) is 8.78 Å². The molecule has 1 fully saturated rings. The molecule has 1 saturated heterocycles. The average molecular weight is 300 g/mol. The van der Waals surface area contributed by atoms with Gasteiger partial charge in [0.2, 0.25) is 0 Å². The van der Waals surface area contributed by atoms with Crippen molar-refractivity contribution in [3.63, 3.8) is 0 Å². The first-order valence-electron chi connectivity index (χ1n) is 6.98. The van der Waals surface area contributed by atoms with Crippen LogP contribution >= 0.6 is 11.8 Å². The number of para-hydroxylation sites is 1. The molecule has 1 atom stereocenters. The highest BCUT2D eigenvalue weighted by atomic mass is 32.2. The van der Waals surface area contributed by atoms with E-state index < -0.39 is 5.76 Å². The molecule has 112 valence electrons. The summed E-state index contributed by atoms with van der Waals surface area (Å²) in [7, 11) is 0. The van der Waals surface area contributed by atoms with Gasteiger partial charge in [0.15, 0.2) is 0 Å². The van der Waals surface area contributed by atoms with Gasteiger partial charge in [0.05, 0.1) is 5.69 Å². The van der Waals surface area contributed by atoms with Crippen molar-refractivity contribution in [2.75, 3.05) is 18.0 Å². The largest absolute Gasteiger partial charge is 0.365 e. The number of alkyl halides is 2. The van der Waals surface area contributed by atoms with Crippen LogP contribution in [0.2, 0.25) is 0 Å². The molecule has 0 aliphatic carbocycles. The Bertz CT molecular complexity index is 451. The van der Waals surface area contributed by atoms with Crippen molar-refractivity contribution in [3.8, 4) is 0 Å². The third-order valence-corrected chi connectivity index (χ3v) is 4.46. The predicted octanol–water partition coefficient (Wildman–Crippen LogP) is 3.97. The van der Waals surface area contributed by atoms with E-state index in [0.29, 0.717) is 22.7 Å². The van der Waals surface area contributed by atoms with E-state index in [1.54, 1.807) is 6.07 Å². The Hall–Kier alpha value is -0.810. The fourth-order valence-corrected chi connectivity index (χ4v) is 3.31. The second-order valence-electron chi connectivity index (χ2n) is 5.80. The Morgan fingerprint density at radius 2 is 2.10 bits per heavy atom. The molecule has 1 unspecified atom stereocenters. The van der Waals surface area contributed by atoms with Gasteiger partial charge >= 0.3 is 0 Å². The van der Waals surface area contributed by atoms with E-state index in [2.05, 4.69) is 31.0 Å². The van der Waals surface area contributed by atoms with Crippen LogP contribution in [0.3, 0.4) is 0 Å². The van der Waals surface area contributed by atoms with E-state index in [9.17, 15) is 8.78 Å². The van der Waals surface area contributed by atoms with Crippen LogP contribution in [0.15, 0.2) is 29.2 Å². The molecule has 0 bridgehead atoms. The number of nitrogens with one attached hydrogen (secondary N) is 1. The predicted molar refractivity (Wildman–Crippen MR) is 81.8 cm³/mol. The second-order valence-corrected chi connectivity index (χ2v) is 6.83. The normalized spacial score (nSPS) is 22.3. The first kappa shape index (κ1) is 15.6. The standard InChI is InChI=1S/C15H22F2N2S/c1-4-11-9-18-15(2,3)10-19(11)12-7-5-6-8-13(12)20-14(16)17/h5-8,11,14,18H,4,9-10H2,1-3H3. The van der Waals surface area contributed by atoms with E-state index in [1.807, 2.05) is 18.2 Å². The first-order valence-corrected chi connectivity index (χ1v) is 7.86. The summed E-state index contributed by atoms with van der Waals surface area (Å²) in [5, 5.41) is 3.52. The maximum atomic E-state index is 12.7. The van der Waals surface area contributed by atoms with E-state index in [1.165, 1.54) is 0 Å². The number of anilines is 1.